The van der Waals surface area contributed by atoms with Gasteiger partial charge in [0, 0.05) is 73.9 Å². The first-order valence-corrected chi connectivity index (χ1v) is 17.0. The number of ether oxygens (including phenoxy) is 1. The first-order chi connectivity index (χ1) is 25.7. The van der Waals surface area contributed by atoms with E-state index in [1.807, 2.05) is 17.9 Å². The molecule has 0 aliphatic carbocycles. The topological polar surface area (TPSA) is 185 Å². The summed E-state index contributed by atoms with van der Waals surface area (Å²) in [5, 5.41) is 31.6. The fraction of sp³-hybridized carbons (Fsp3) is 0.371. The number of aromatic nitrogens is 3. The second-order valence-electron chi connectivity index (χ2n) is 12.4. The maximum absolute atomic E-state index is 14.9. The lowest BCUT2D eigenvalue weighted by atomic mass is 9.94. The molecular weight excluding hydrogens is 740 g/mol. The number of nitrogens with zero attached hydrogens (tertiary/aromatic N) is 6. The lowest BCUT2D eigenvalue weighted by molar-refractivity contribution is -0.192. The minimum atomic E-state index is -5.08. The molecule has 4 heterocycles. The minimum Gasteiger partial charge on any atom is -0.476 e. The van der Waals surface area contributed by atoms with Gasteiger partial charge in [-0.25, -0.2) is 19.2 Å². The number of imidazole rings is 1. The number of carbonyl (C=O) groups excluding carboxylic acids is 2. The van der Waals surface area contributed by atoms with Crippen LogP contribution in [-0.4, -0.2) is 110 Å². The number of piperidine rings is 1. The molecule has 14 nitrogen and oxygen atoms in total. The highest BCUT2D eigenvalue weighted by Crippen LogP contribution is 2.36. The standard InChI is InChI=1S/C33H34ClFN8O4.C2HF3O2/c1-20-16-22(2-3-24(20)33(46)41-11-6-21(7-12-41)32(45)42-13-9-37-23(18-42)19-44)40-30-31-39-17-26(43(31)14-10-38-30)25-4-5-27(47-15-8-36)29(35)28(25)34;3-2(4,5)1(6)7/h2-5,10,14,16-17,21,23,37,44H,6-7,9,11-13,15,18-19H2,1H3,(H,38,40);(H,6,7). The number of carbonyl (C=O) groups is 3. The van der Waals surface area contributed by atoms with Gasteiger partial charge in [0.1, 0.15) is 6.07 Å². The van der Waals surface area contributed by atoms with Crippen LogP contribution in [0.15, 0.2) is 48.9 Å². The van der Waals surface area contributed by atoms with Gasteiger partial charge in [-0.1, -0.05) is 11.6 Å². The molecule has 0 saturated carbocycles. The van der Waals surface area contributed by atoms with E-state index in [0.29, 0.717) is 79.5 Å². The first kappa shape index (κ1) is 39.7. The molecule has 2 aliphatic rings. The van der Waals surface area contributed by atoms with Gasteiger partial charge in [0.2, 0.25) is 5.91 Å². The summed E-state index contributed by atoms with van der Waals surface area (Å²) in [7, 11) is 0. The third kappa shape index (κ3) is 8.98. The van der Waals surface area contributed by atoms with Gasteiger partial charge in [-0.15, -0.1) is 0 Å². The van der Waals surface area contributed by atoms with Crippen molar-refractivity contribution in [1.29, 1.82) is 5.26 Å². The van der Waals surface area contributed by atoms with Crippen molar-refractivity contribution in [2.24, 2.45) is 5.92 Å². The minimum absolute atomic E-state index is 0.00377. The summed E-state index contributed by atoms with van der Waals surface area (Å²) < 4.78 is 53.4. The first-order valence-electron chi connectivity index (χ1n) is 16.6. The molecule has 4 aromatic rings. The highest BCUT2D eigenvalue weighted by Gasteiger charge is 2.38. The molecular formula is C35H35ClF4N8O6. The Labute approximate surface area is 310 Å². The lowest BCUT2D eigenvalue weighted by Gasteiger charge is -2.38. The molecule has 2 aliphatic heterocycles. The van der Waals surface area contributed by atoms with Crippen LogP contribution in [0, 0.1) is 30.0 Å². The Morgan fingerprint density at radius 2 is 1.85 bits per heavy atom. The van der Waals surface area contributed by atoms with Crippen LogP contribution in [0.2, 0.25) is 5.02 Å². The number of aliphatic carboxylic acids is 1. The van der Waals surface area contributed by atoms with Crippen LogP contribution in [0.3, 0.4) is 0 Å². The van der Waals surface area contributed by atoms with E-state index in [1.165, 1.54) is 6.07 Å². The Morgan fingerprint density at radius 1 is 1.13 bits per heavy atom. The number of halogens is 5. The summed E-state index contributed by atoms with van der Waals surface area (Å²) >= 11 is 6.35. The lowest BCUT2D eigenvalue weighted by Crippen LogP contribution is -2.56. The van der Waals surface area contributed by atoms with E-state index in [4.69, 9.17) is 31.5 Å². The average Bonchev–Trinajstić information content (AvgIpc) is 3.60. The number of carboxylic acids is 1. The highest BCUT2D eigenvalue weighted by molar-refractivity contribution is 6.33. The van der Waals surface area contributed by atoms with Crippen molar-refractivity contribution in [1.82, 2.24) is 29.5 Å². The number of carboxylic acid groups (broad SMARTS) is 1. The molecule has 19 heteroatoms. The number of alkyl halides is 3. The summed E-state index contributed by atoms with van der Waals surface area (Å²) in [6.45, 7) is 4.37. The molecule has 2 amide bonds. The third-order valence-corrected chi connectivity index (χ3v) is 9.29. The zero-order valence-electron chi connectivity index (χ0n) is 28.7. The third-order valence-electron chi connectivity index (χ3n) is 8.92. The number of hydrogen-bond acceptors (Lipinski definition) is 10. The van der Waals surface area contributed by atoms with Gasteiger partial charge in [-0.3, -0.25) is 14.0 Å². The highest BCUT2D eigenvalue weighted by atomic mass is 35.5. The Morgan fingerprint density at radius 3 is 2.50 bits per heavy atom. The average molecular weight is 775 g/mol. The van der Waals surface area contributed by atoms with Crippen molar-refractivity contribution in [2.75, 3.05) is 51.3 Å². The van der Waals surface area contributed by atoms with Gasteiger partial charge in [0.15, 0.2) is 29.6 Å². The van der Waals surface area contributed by atoms with Crippen LogP contribution in [-0.2, 0) is 9.59 Å². The molecule has 1 atom stereocenters. The number of anilines is 2. The summed E-state index contributed by atoms with van der Waals surface area (Å²) in [5.41, 5.74) is 3.48. The van der Waals surface area contributed by atoms with Gasteiger partial charge in [-0.2, -0.15) is 18.4 Å². The van der Waals surface area contributed by atoms with Crippen molar-refractivity contribution >= 4 is 46.5 Å². The van der Waals surface area contributed by atoms with Gasteiger partial charge < -0.3 is 35.4 Å². The molecule has 1 unspecified atom stereocenters. The molecule has 286 valence electrons. The predicted octanol–water partition coefficient (Wildman–Crippen LogP) is 4.42. The summed E-state index contributed by atoms with van der Waals surface area (Å²) in [6.07, 6.45) is 0.974. The van der Waals surface area contributed by atoms with E-state index in [-0.39, 0.29) is 47.8 Å². The van der Waals surface area contributed by atoms with E-state index in [0.717, 1.165) is 5.56 Å². The maximum atomic E-state index is 14.9. The fourth-order valence-electron chi connectivity index (χ4n) is 6.18. The molecule has 2 saturated heterocycles. The summed E-state index contributed by atoms with van der Waals surface area (Å²) in [4.78, 5) is 48.0. The van der Waals surface area contributed by atoms with Gasteiger partial charge in [0.05, 0.1) is 23.5 Å². The second kappa shape index (κ2) is 17.1. The van der Waals surface area contributed by atoms with Crippen LogP contribution >= 0.6 is 11.6 Å². The van der Waals surface area contributed by atoms with Gasteiger partial charge in [0.25, 0.3) is 5.91 Å². The van der Waals surface area contributed by atoms with E-state index >= 15 is 0 Å². The number of aryl methyl sites for hydroxylation is 1. The predicted molar refractivity (Wildman–Crippen MR) is 187 cm³/mol. The van der Waals surface area contributed by atoms with Crippen LogP contribution in [0.25, 0.3) is 16.9 Å². The van der Waals surface area contributed by atoms with Crippen LogP contribution < -0.4 is 15.4 Å². The number of aliphatic hydroxyl groups is 1. The summed E-state index contributed by atoms with van der Waals surface area (Å²) in [5.74, 6) is -3.28. The number of rotatable bonds is 8. The Kier molecular flexibility index (Phi) is 12.6. The number of aliphatic hydroxyl groups excluding tert-OH is 1. The van der Waals surface area contributed by atoms with E-state index < -0.39 is 18.0 Å². The number of nitrogens with one attached hydrogen (secondary N) is 2. The zero-order valence-corrected chi connectivity index (χ0v) is 29.5. The molecule has 2 aromatic carbocycles. The van der Waals surface area contributed by atoms with E-state index in [2.05, 4.69) is 20.6 Å². The SMILES string of the molecule is Cc1cc(Nc2nccn3c(-c4ccc(OCC#N)c(F)c4Cl)cnc23)ccc1C(=O)N1CCC(C(=O)N2CCNC(CO)C2)CC1.O=C(O)C(F)(F)F. The van der Waals surface area contributed by atoms with Crippen LogP contribution in [0.1, 0.15) is 28.8 Å². The van der Waals surface area contributed by atoms with E-state index in [9.17, 15) is 32.3 Å². The zero-order chi connectivity index (χ0) is 39.2. The molecule has 2 fully saturated rings. The number of amides is 2. The monoisotopic (exact) mass is 774 g/mol. The largest absolute Gasteiger partial charge is 0.490 e. The molecule has 54 heavy (non-hydrogen) atoms. The van der Waals surface area contributed by atoms with Crippen molar-refractivity contribution in [3.8, 4) is 23.1 Å². The van der Waals surface area contributed by atoms with Crippen molar-refractivity contribution < 1.29 is 46.9 Å². The van der Waals surface area contributed by atoms with Crippen LogP contribution in [0.5, 0.6) is 5.75 Å². The molecule has 6 rings (SSSR count). The number of fused-ring (bicyclic) bond motifs is 1. The fourth-order valence-corrected chi connectivity index (χ4v) is 6.43. The summed E-state index contributed by atoms with van der Waals surface area (Å²) in [6, 6.07) is 10.2. The van der Waals surface area contributed by atoms with E-state index in [1.54, 1.807) is 52.2 Å². The Hall–Kier alpha value is -5.51. The number of piperazine rings is 1. The van der Waals surface area contributed by atoms with Crippen molar-refractivity contribution in [2.45, 2.75) is 32.0 Å². The van der Waals surface area contributed by atoms with Gasteiger partial charge >= 0.3 is 12.1 Å². The van der Waals surface area contributed by atoms with Crippen LogP contribution in [0.4, 0.5) is 29.1 Å². The van der Waals surface area contributed by atoms with Crippen molar-refractivity contribution in [3.63, 3.8) is 0 Å². The molecule has 2 aromatic heterocycles. The molecule has 0 radical (unpaired) electrons. The Balaban J connectivity index is 0.000000730. The van der Waals surface area contributed by atoms with Crippen molar-refractivity contribution in [3.05, 3.63) is 70.9 Å². The molecule has 0 bridgehead atoms. The molecule has 4 N–H and O–H groups in total. The number of benzene rings is 2. The normalized spacial score (nSPS) is 16.3. The number of likely N-dealkylation sites (tertiary alicyclic amines) is 1. The quantitative estimate of drug-likeness (QED) is 0.186. The molecule has 0 spiro atoms. The Bertz CT molecular complexity index is 2070. The number of hydrogen-bond donors (Lipinski definition) is 4. The number of nitriles is 1. The van der Waals surface area contributed by atoms with Gasteiger partial charge in [-0.05, 0) is 55.7 Å². The smallest absolute Gasteiger partial charge is 0.476 e. The maximum Gasteiger partial charge on any atom is 0.490 e. The second-order valence-corrected chi connectivity index (χ2v) is 12.8.